The number of halogens is 1. The molecule has 0 aliphatic heterocycles. The molecule has 118 valence electrons. The van der Waals surface area contributed by atoms with Crippen LogP contribution in [-0.4, -0.2) is 29.3 Å². The second-order valence-electron chi connectivity index (χ2n) is 5.09. The number of amidine groups is 1. The highest BCUT2D eigenvalue weighted by Gasteiger charge is 2.09. The van der Waals surface area contributed by atoms with Crippen LogP contribution in [0.2, 0.25) is 0 Å². The van der Waals surface area contributed by atoms with E-state index in [1.807, 2.05) is 0 Å². The first kappa shape index (κ1) is 17.4. The van der Waals surface area contributed by atoms with Crippen LogP contribution in [-0.2, 0) is 6.54 Å². The third-order valence-corrected chi connectivity index (χ3v) is 3.44. The first-order chi connectivity index (χ1) is 10.1. The van der Waals surface area contributed by atoms with Crippen LogP contribution in [0, 0.1) is 11.7 Å². The van der Waals surface area contributed by atoms with Gasteiger partial charge in [-0.05, 0) is 31.4 Å². The van der Waals surface area contributed by atoms with Crippen LogP contribution in [0.3, 0.4) is 0 Å². The minimum absolute atomic E-state index is 0.112. The Morgan fingerprint density at radius 1 is 1.43 bits per heavy atom. The molecule has 0 bridgehead atoms. The molecule has 6 heteroatoms. The Morgan fingerprint density at radius 3 is 2.76 bits per heavy atom. The summed E-state index contributed by atoms with van der Waals surface area (Å²) in [6, 6.07) is 4.49. The number of nitrogens with one attached hydrogen (secondary N) is 1. The average molecular weight is 297 g/mol. The lowest BCUT2D eigenvalue weighted by atomic mass is 10.00. The molecule has 5 N–H and O–H groups in total. The molecular weight excluding hydrogens is 273 g/mol. The fourth-order valence-corrected chi connectivity index (χ4v) is 2.26. The number of aliphatic hydroxyl groups excluding tert-OH is 1. The van der Waals surface area contributed by atoms with Crippen molar-refractivity contribution in [1.82, 2.24) is 5.32 Å². The highest BCUT2D eigenvalue weighted by molar-refractivity contribution is 5.97. The second-order valence-corrected chi connectivity index (χ2v) is 5.09. The monoisotopic (exact) mass is 297 g/mol. The van der Waals surface area contributed by atoms with Gasteiger partial charge in [-0.1, -0.05) is 30.6 Å². The van der Waals surface area contributed by atoms with Crippen molar-refractivity contribution in [3.8, 4) is 0 Å². The predicted octanol–water partition coefficient (Wildman–Crippen LogP) is 1.81. The van der Waals surface area contributed by atoms with Crippen LogP contribution in [0.5, 0.6) is 0 Å². The van der Waals surface area contributed by atoms with Crippen molar-refractivity contribution in [3.63, 3.8) is 0 Å². The third kappa shape index (κ3) is 5.69. The molecule has 0 amide bonds. The molecule has 1 rings (SSSR count). The molecule has 0 aromatic heterocycles. The van der Waals surface area contributed by atoms with Gasteiger partial charge in [0.15, 0.2) is 5.84 Å². The second kappa shape index (κ2) is 9.31. The smallest absolute Gasteiger partial charge is 0.170 e. The molecule has 21 heavy (non-hydrogen) atoms. The van der Waals surface area contributed by atoms with E-state index in [1.54, 1.807) is 12.1 Å². The summed E-state index contributed by atoms with van der Waals surface area (Å²) in [4.78, 5) is 0. The maximum atomic E-state index is 13.9. The Kier molecular flexibility index (Phi) is 7.71. The van der Waals surface area contributed by atoms with E-state index in [1.165, 1.54) is 6.07 Å². The lowest BCUT2D eigenvalue weighted by molar-refractivity contribution is 0.248. The summed E-state index contributed by atoms with van der Waals surface area (Å²) < 4.78 is 13.9. The number of benzene rings is 1. The molecule has 0 aliphatic rings. The van der Waals surface area contributed by atoms with Gasteiger partial charge < -0.3 is 21.4 Å². The van der Waals surface area contributed by atoms with Crippen LogP contribution in [0.1, 0.15) is 37.3 Å². The van der Waals surface area contributed by atoms with Crippen molar-refractivity contribution >= 4 is 5.84 Å². The molecular formula is C15H24FN3O2. The maximum Gasteiger partial charge on any atom is 0.170 e. The Hall–Kier alpha value is -1.66. The minimum atomic E-state index is -0.388. The summed E-state index contributed by atoms with van der Waals surface area (Å²) in [5.74, 6) is -0.0975. The number of rotatable bonds is 9. The molecule has 0 fully saturated rings. The molecule has 1 unspecified atom stereocenters. The molecule has 1 atom stereocenters. The van der Waals surface area contributed by atoms with E-state index in [0.29, 0.717) is 23.6 Å². The summed E-state index contributed by atoms with van der Waals surface area (Å²) in [6.07, 6.45) is 2.86. The Balaban J connectivity index is 2.55. The molecule has 0 saturated heterocycles. The first-order valence-electron chi connectivity index (χ1n) is 7.20. The molecule has 0 radical (unpaired) electrons. The Morgan fingerprint density at radius 2 is 2.19 bits per heavy atom. The van der Waals surface area contributed by atoms with Crippen molar-refractivity contribution in [2.75, 3.05) is 13.2 Å². The lowest BCUT2D eigenvalue weighted by Gasteiger charge is -2.16. The number of nitrogens with two attached hydrogens (primary N) is 1. The van der Waals surface area contributed by atoms with E-state index < -0.39 is 0 Å². The van der Waals surface area contributed by atoms with Crippen LogP contribution in [0.15, 0.2) is 23.4 Å². The van der Waals surface area contributed by atoms with Gasteiger partial charge in [-0.25, -0.2) is 4.39 Å². The van der Waals surface area contributed by atoms with E-state index in [0.717, 1.165) is 25.8 Å². The summed E-state index contributed by atoms with van der Waals surface area (Å²) >= 11 is 0. The number of oxime groups is 1. The zero-order chi connectivity index (χ0) is 15.7. The number of nitrogens with zero attached hydrogens (tertiary/aromatic N) is 1. The van der Waals surface area contributed by atoms with Crippen LogP contribution in [0.25, 0.3) is 0 Å². The summed E-state index contributed by atoms with van der Waals surface area (Å²) in [5, 5.41) is 23.6. The van der Waals surface area contributed by atoms with E-state index >= 15 is 0 Å². The predicted molar refractivity (Wildman–Crippen MR) is 80.7 cm³/mol. The summed E-state index contributed by atoms with van der Waals surface area (Å²) in [6.45, 7) is 3.44. The van der Waals surface area contributed by atoms with Gasteiger partial charge in [0.05, 0.1) is 0 Å². The van der Waals surface area contributed by atoms with Crippen LogP contribution >= 0.6 is 0 Å². The van der Waals surface area contributed by atoms with Gasteiger partial charge in [0.25, 0.3) is 0 Å². The van der Waals surface area contributed by atoms with Crippen LogP contribution in [0.4, 0.5) is 4.39 Å². The zero-order valence-corrected chi connectivity index (χ0v) is 12.3. The standard InChI is InChI=1S/C15H24FN3O2/c1-2-3-11(6-7-20)9-18-10-13-5-4-12(8-14(13)16)15(17)19-21/h4-5,8,11,18,20-21H,2-3,6-7,9-10H2,1H3,(H2,17,19). The van der Waals surface area contributed by atoms with Gasteiger partial charge >= 0.3 is 0 Å². The van der Waals surface area contributed by atoms with Gasteiger partial charge in [0.1, 0.15) is 5.82 Å². The Bertz CT molecular complexity index is 460. The van der Waals surface area contributed by atoms with Crippen molar-refractivity contribution in [2.45, 2.75) is 32.7 Å². The van der Waals surface area contributed by atoms with Crippen molar-refractivity contribution in [3.05, 3.63) is 35.1 Å². The van der Waals surface area contributed by atoms with Crippen molar-refractivity contribution in [1.29, 1.82) is 0 Å². The Labute approximate surface area is 124 Å². The van der Waals surface area contributed by atoms with Gasteiger partial charge in [-0.15, -0.1) is 0 Å². The highest BCUT2D eigenvalue weighted by atomic mass is 19.1. The van der Waals surface area contributed by atoms with Crippen LogP contribution < -0.4 is 11.1 Å². The number of aliphatic hydroxyl groups is 1. The molecule has 1 aromatic rings. The normalized spacial score (nSPS) is 13.4. The average Bonchev–Trinajstić information content (AvgIpc) is 2.48. The SMILES string of the molecule is CCCC(CCO)CNCc1ccc(/C(N)=N/O)cc1F. The summed E-state index contributed by atoms with van der Waals surface area (Å²) in [7, 11) is 0. The zero-order valence-electron chi connectivity index (χ0n) is 12.3. The van der Waals surface area contributed by atoms with Crippen molar-refractivity contribution < 1.29 is 14.7 Å². The van der Waals surface area contributed by atoms with E-state index in [2.05, 4.69) is 17.4 Å². The van der Waals surface area contributed by atoms with Gasteiger partial charge in [0, 0.05) is 24.3 Å². The lowest BCUT2D eigenvalue weighted by Crippen LogP contribution is -2.24. The van der Waals surface area contributed by atoms with E-state index in [-0.39, 0.29) is 18.3 Å². The molecule has 5 nitrogen and oxygen atoms in total. The highest BCUT2D eigenvalue weighted by Crippen LogP contribution is 2.12. The molecule has 1 aromatic carbocycles. The molecule has 0 aliphatic carbocycles. The topological polar surface area (TPSA) is 90.9 Å². The first-order valence-corrected chi connectivity index (χ1v) is 7.20. The van der Waals surface area contributed by atoms with E-state index in [4.69, 9.17) is 16.0 Å². The molecule has 0 saturated carbocycles. The number of hydrogen-bond acceptors (Lipinski definition) is 4. The largest absolute Gasteiger partial charge is 0.409 e. The quantitative estimate of drug-likeness (QED) is 0.242. The maximum absolute atomic E-state index is 13.9. The van der Waals surface area contributed by atoms with Gasteiger partial charge in [-0.2, -0.15) is 0 Å². The molecule has 0 spiro atoms. The summed E-state index contributed by atoms with van der Waals surface area (Å²) in [5.41, 5.74) is 6.29. The number of hydrogen-bond donors (Lipinski definition) is 4. The van der Waals surface area contributed by atoms with Gasteiger partial charge in [-0.3, -0.25) is 0 Å². The van der Waals surface area contributed by atoms with E-state index in [9.17, 15) is 4.39 Å². The fourth-order valence-electron chi connectivity index (χ4n) is 2.26. The van der Waals surface area contributed by atoms with Gasteiger partial charge in [0.2, 0.25) is 0 Å². The molecule has 0 heterocycles. The fraction of sp³-hybridized carbons (Fsp3) is 0.533. The minimum Gasteiger partial charge on any atom is -0.409 e. The third-order valence-electron chi connectivity index (χ3n) is 3.44. The van der Waals surface area contributed by atoms with Crippen molar-refractivity contribution in [2.24, 2.45) is 16.8 Å².